The summed E-state index contributed by atoms with van der Waals surface area (Å²) < 4.78 is 32.9. The highest BCUT2D eigenvalue weighted by Crippen LogP contribution is 2.33. The van der Waals surface area contributed by atoms with Crippen molar-refractivity contribution >= 4 is 5.91 Å². The molecule has 0 N–H and O–H groups in total. The Morgan fingerprint density at radius 2 is 1.94 bits per heavy atom. The summed E-state index contributed by atoms with van der Waals surface area (Å²) in [5.41, 5.74) is 2.41. The van der Waals surface area contributed by atoms with E-state index in [1.165, 1.54) is 18.4 Å². The molecule has 1 aliphatic heterocycles. The maximum atomic E-state index is 13.6. The predicted octanol–water partition coefficient (Wildman–Crippen LogP) is 5.78. The molecule has 8 heteroatoms. The van der Waals surface area contributed by atoms with Crippen molar-refractivity contribution in [1.29, 1.82) is 0 Å². The van der Waals surface area contributed by atoms with E-state index in [-0.39, 0.29) is 30.1 Å². The summed E-state index contributed by atoms with van der Waals surface area (Å²) in [7, 11) is 0. The van der Waals surface area contributed by atoms with Gasteiger partial charge in [-0.15, -0.1) is 0 Å². The summed E-state index contributed by atoms with van der Waals surface area (Å²) in [5, 5.41) is 4.84. The molecule has 0 radical (unpaired) electrons. The minimum absolute atomic E-state index is 0.0420. The van der Waals surface area contributed by atoms with Crippen LogP contribution >= 0.6 is 0 Å². The molecular formula is C28H28FN3O4. The Morgan fingerprint density at radius 1 is 1.14 bits per heavy atom. The van der Waals surface area contributed by atoms with Gasteiger partial charge in [0.15, 0.2) is 5.76 Å². The van der Waals surface area contributed by atoms with Crippen LogP contribution in [0.25, 0.3) is 5.69 Å². The van der Waals surface area contributed by atoms with Crippen LogP contribution in [0, 0.1) is 5.82 Å². The van der Waals surface area contributed by atoms with Gasteiger partial charge in [-0.3, -0.25) is 4.79 Å². The number of hydrogen-bond acceptors (Lipinski definition) is 5. The Labute approximate surface area is 209 Å². The summed E-state index contributed by atoms with van der Waals surface area (Å²) >= 11 is 0. The van der Waals surface area contributed by atoms with Crippen LogP contribution in [-0.2, 0) is 17.7 Å². The summed E-state index contributed by atoms with van der Waals surface area (Å²) in [5.74, 6) is 0.648. The summed E-state index contributed by atoms with van der Waals surface area (Å²) in [6.45, 7) is 3.39. The van der Waals surface area contributed by atoms with E-state index < -0.39 is 0 Å². The topological polar surface area (TPSA) is 69.7 Å². The minimum Gasteiger partial charge on any atom is -0.459 e. The molecule has 0 saturated carbocycles. The zero-order valence-corrected chi connectivity index (χ0v) is 20.1. The van der Waals surface area contributed by atoms with Crippen molar-refractivity contribution in [3.63, 3.8) is 0 Å². The smallest absolute Gasteiger partial charge is 0.289 e. The maximum Gasteiger partial charge on any atom is 0.289 e. The lowest BCUT2D eigenvalue weighted by Gasteiger charge is -2.25. The molecule has 2 aromatic heterocycles. The van der Waals surface area contributed by atoms with Gasteiger partial charge in [-0.1, -0.05) is 25.1 Å². The minimum atomic E-state index is -0.347. The lowest BCUT2D eigenvalue weighted by molar-refractivity contribution is 0.0482. The van der Waals surface area contributed by atoms with E-state index in [4.69, 9.17) is 19.0 Å². The van der Waals surface area contributed by atoms with Crippen LogP contribution in [0.3, 0.4) is 0 Å². The van der Waals surface area contributed by atoms with E-state index in [1.807, 2.05) is 37.3 Å². The number of halogens is 1. The van der Waals surface area contributed by atoms with Crippen molar-refractivity contribution in [1.82, 2.24) is 14.7 Å². The number of benzene rings is 2. The number of aryl methyl sites for hydroxylation is 1. The van der Waals surface area contributed by atoms with E-state index in [2.05, 4.69) is 0 Å². The fraction of sp³-hybridized carbons (Fsp3) is 0.286. The molecule has 0 aliphatic carbocycles. The van der Waals surface area contributed by atoms with Crippen LogP contribution in [0.2, 0.25) is 0 Å². The standard InChI is InChI=1S/C28H28FN3O4/c1-2-25-24(19-31(18-23-10-6-16-34-23)27(33)26-11-7-17-35-26)28(36-22-14-12-20(29)13-15-22)32(30-25)21-8-4-3-5-9-21/h3-5,7-9,11-15,17,23H,2,6,10,16,18-19H2,1H3/t23-/m1/s1. The molecule has 4 aromatic rings. The molecule has 3 heterocycles. The van der Waals surface area contributed by atoms with E-state index in [1.54, 1.807) is 33.8 Å². The van der Waals surface area contributed by atoms with Crippen LogP contribution in [0.1, 0.15) is 41.6 Å². The molecule has 1 fully saturated rings. The third kappa shape index (κ3) is 5.18. The van der Waals surface area contributed by atoms with Crippen LogP contribution < -0.4 is 4.74 Å². The molecule has 0 spiro atoms. The van der Waals surface area contributed by atoms with Crippen molar-refractivity contribution in [3.05, 3.63) is 95.8 Å². The largest absolute Gasteiger partial charge is 0.459 e. The number of carbonyl (C=O) groups excluding carboxylic acids is 1. The average molecular weight is 490 g/mol. The van der Waals surface area contributed by atoms with Crippen molar-refractivity contribution in [2.75, 3.05) is 13.2 Å². The molecule has 1 aliphatic rings. The second-order valence-electron chi connectivity index (χ2n) is 8.69. The van der Waals surface area contributed by atoms with Crippen molar-refractivity contribution in [3.8, 4) is 17.3 Å². The molecule has 2 aromatic carbocycles. The van der Waals surface area contributed by atoms with Gasteiger partial charge in [-0.05, 0) is 67.8 Å². The molecule has 7 nitrogen and oxygen atoms in total. The maximum absolute atomic E-state index is 13.6. The first-order valence-corrected chi connectivity index (χ1v) is 12.2. The van der Waals surface area contributed by atoms with E-state index in [0.29, 0.717) is 31.2 Å². The van der Waals surface area contributed by atoms with Crippen molar-refractivity contribution in [2.45, 2.75) is 38.8 Å². The number of rotatable bonds is 9. The molecule has 36 heavy (non-hydrogen) atoms. The van der Waals surface area contributed by atoms with Gasteiger partial charge in [-0.25, -0.2) is 9.07 Å². The van der Waals surface area contributed by atoms with E-state index in [0.717, 1.165) is 29.8 Å². The van der Waals surface area contributed by atoms with Crippen LogP contribution in [0.4, 0.5) is 4.39 Å². The van der Waals surface area contributed by atoms with Gasteiger partial charge in [0.2, 0.25) is 5.88 Å². The molecule has 1 amide bonds. The van der Waals surface area contributed by atoms with Gasteiger partial charge < -0.3 is 18.8 Å². The second-order valence-corrected chi connectivity index (χ2v) is 8.69. The third-order valence-electron chi connectivity index (χ3n) is 6.20. The normalized spacial score (nSPS) is 15.2. The molecule has 186 valence electrons. The molecule has 0 unspecified atom stereocenters. The number of furan rings is 1. The average Bonchev–Trinajstić information content (AvgIpc) is 3.68. The van der Waals surface area contributed by atoms with Crippen LogP contribution in [0.15, 0.2) is 77.4 Å². The predicted molar refractivity (Wildman–Crippen MR) is 132 cm³/mol. The van der Waals surface area contributed by atoms with Crippen LogP contribution in [0.5, 0.6) is 11.6 Å². The van der Waals surface area contributed by atoms with Crippen LogP contribution in [-0.4, -0.2) is 39.8 Å². The Hall–Kier alpha value is -3.91. The lowest BCUT2D eigenvalue weighted by atomic mass is 10.1. The second kappa shape index (κ2) is 10.8. The van der Waals surface area contributed by atoms with Gasteiger partial charge in [-0.2, -0.15) is 5.10 Å². The Bertz CT molecular complexity index is 1280. The highest BCUT2D eigenvalue weighted by atomic mass is 19.1. The monoisotopic (exact) mass is 489 g/mol. The molecule has 1 saturated heterocycles. The summed E-state index contributed by atoms with van der Waals surface area (Å²) in [6.07, 6.45) is 3.95. The van der Waals surface area contributed by atoms with Gasteiger partial charge in [0.1, 0.15) is 11.6 Å². The van der Waals surface area contributed by atoms with Crippen molar-refractivity contribution in [2.24, 2.45) is 0 Å². The highest BCUT2D eigenvalue weighted by Gasteiger charge is 2.29. The Morgan fingerprint density at radius 3 is 2.61 bits per heavy atom. The third-order valence-corrected chi connectivity index (χ3v) is 6.20. The van der Waals surface area contributed by atoms with E-state index >= 15 is 0 Å². The Balaban J connectivity index is 1.56. The first-order chi connectivity index (χ1) is 17.6. The molecule has 1 atom stereocenters. The lowest BCUT2D eigenvalue weighted by Crippen LogP contribution is -2.37. The number of nitrogens with zero attached hydrogens (tertiary/aromatic N) is 3. The summed E-state index contributed by atoms with van der Waals surface area (Å²) in [6, 6.07) is 18.9. The van der Waals surface area contributed by atoms with Crippen molar-refractivity contribution < 1.29 is 23.1 Å². The zero-order chi connectivity index (χ0) is 24.9. The number of aromatic nitrogens is 2. The molecule has 5 rings (SSSR count). The van der Waals surface area contributed by atoms with E-state index in [9.17, 15) is 9.18 Å². The SMILES string of the molecule is CCc1nn(-c2ccccc2)c(Oc2ccc(F)cc2)c1CN(C[C@H]1CCCO1)C(=O)c1ccco1. The number of ether oxygens (including phenoxy) is 2. The highest BCUT2D eigenvalue weighted by molar-refractivity contribution is 5.91. The number of para-hydroxylation sites is 1. The zero-order valence-electron chi connectivity index (χ0n) is 20.1. The first-order valence-electron chi connectivity index (χ1n) is 12.2. The quantitative estimate of drug-likeness (QED) is 0.298. The number of carbonyl (C=O) groups is 1. The molecular weight excluding hydrogens is 461 g/mol. The van der Waals surface area contributed by atoms with Gasteiger partial charge in [0.25, 0.3) is 5.91 Å². The molecule has 0 bridgehead atoms. The number of amides is 1. The fourth-order valence-corrected chi connectivity index (χ4v) is 4.38. The Kier molecular flexibility index (Phi) is 7.13. The van der Waals surface area contributed by atoms with Gasteiger partial charge in [0.05, 0.1) is 35.9 Å². The van der Waals surface area contributed by atoms with Gasteiger partial charge in [0, 0.05) is 13.2 Å². The first kappa shape index (κ1) is 23.8. The summed E-state index contributed by atoms with van der Waals surface area (Å²) in [4.78, 5) is 15.2. The fourth-order valence-electron chi connectivity index (χ4n) is 4.38. The number of hydrogen-bond donors (Lipinski definition) is 0. The van der Waals surface area contributed by atoms with Gasteiger partial charge >= 0.3 is 0 Å².